The van der Waals surface area contributed by atoms with Crippen molar-refractivity contribution < 1.29 is 9.53 Å². The highest BCUT2D eigenvalue weighted by molar-refractivity contribution is 7.80. The van der Waals surface area contributed by atoms with Crippen LogP contribution in [0.2, 0.25) is 0 Å². The molecule has 0 aromatic carbocycles. The summed E-state index contributed by atoms with van der Waals surface area (Å²) in [5.41, 5.74) is 6.87. The molecule has 1 aliphatic heterocycles. The second-order valence-corrected chi connectivity index (χ2v) is 4.33. The van der Waals surface area contributed by atoms with Crippen molar-refractivity contribution in [3.8, 4) is 6.07 Å². The Morgan fingerprint density at radius 1 is 1.71 bits per heavy atom. The first-order chi connectivity index (χ1) is 8.04. The predicted molar refractivity (Wildman–Crippen MR) is 66.9 cm³/mol. The van der Waals surface area contributed by atoms with Crippen LogP contribution in [0.4, 0.5) is 0 Å². The minimum Gasteiger partial charge on any atom is -0.460 e. The maximum atomic E-state index is 10.7. The fourth-order valence-corrected chi connectivity index (χ4v) is 1.94. The third-order valence-corrected chi connectivity index (χ3v) is 2.60. The first-order valence-electron chi connectivity index (χ1n) is 5.33. The summed E-state index contributed by atoms with van der Waals surface area (Å²) in [5, 5.41) is 9.06. The number of nitrogens with two attached hydrogens (primary N) is 1. The van der Waals surface area contributed by atoms with Gasteiger partial charge in [-0.1, -0.05) is 12.2 Å². The van der Waals surface area contributed by atoms with Gasteiger partial charge in [0.15, 0.2) is 0 Å². The molecule has 0 spiro atoms. The van der Waals surface area contributed by atoms with Crippen molar-refractivity contribution in [1.29, 1.82) is 5.26 Å². The first kappa shape index (κ1) is 13.5. The quantitative estimate of drug-likeness (QED) is 0.451. The zero-order chi connectivity index (χ0) is 12.8. The molecule has 0 amide bonds. The van der Waals surface area contributed by atoms with Gasteiger partial charge < -0.3 is 15.4 Å². The largest absolute Gasteiger partial charge is 0.460 e. The number of ether oxygens (including phenoxy) is 1. The van der Waals surface area contributed by atoms with Crippen LogP contribution in [-0.2, 0) is 9.53 Å². The molecular formula is C11H15N3O2S. The Bertz CT molecular complexity index is 398. The molecule has 1 fully saturated rings. The van der Waals surface area contributed by atoms with Gasteiger partial charge in [0, 0.05) is 19.2 Å². The van der Waals surface area contributed by atoms with Crippen molar-refractivity contribution >= 4 is 23.2 Å². The van der Waals surface area contributed by atoms with Gasteiger partial charge in [-0.25, -0.2) is 0 Å². The highest BCUT2D eigenvalue weighted by Crippen LogP contribution is 2.24. The number of esters is 1. The Labute approximate surface area is 106 Å². The average molecular weight is 253 g/mol. The van der Waals surface area contributed by atoms with E-state index in [4.69, 9.17) is 28.0 Å². The van der Waals surface area contributed by atoms with Gasteiger partial charge >= 0.3 is 5.97 Å². The van der Waals surface area contributed by atoms with Gasteiger partial charge in [-0.2, -0.15) is 5.26 Å². The van der Waals surface area contributed by atoms with E-state index in [9.17, 15) is 4.79 Å². The van der Waals surface area contributed by atoms with Crippen molar-refractivity contribution in [2.24, 2.45) is 5.73 Å². The first-order valence-corrected chi connectivity index (χ1v) is 5.74. The highest BCUT2D eigenvalue weighted by Gasteiger charge is 2.21. The van der Waals surface area contributed by atoms with Crippen LogP contribution in [0.15, 0.2) is 11.3 Å². The molecule has 1 rings (SSSR count). The second kappa shape index (κ2) is 6.21. The van der Waals surface area contributed by atoms with E-state index in [0.29, 0.717) is 17.1 Å². The lowest BCUT2D eigenvalue weighted by Gasteiger charge is -2.20. The Kier molecular flexibility index (Phi) is 4.91. The summed E-state index contributed by atoms with van der Waals surface area (Å²) in [4.78, 5) is 13.1. The minimum absolute atomic E-state index is 0.0228. The van der Waals surface area contributed by atoms with E-state index in [1.807, 2.05) is 4.90 Å². The summed E-state index contributed by atoms with van der Waals surface area (Å²) in [6, 6.07) is 2.08. The number of nitrogens with zero attached hydrogens (tertiary/aromatic N) is 2. The molecule has 0 bridgehead atoms. The van der Waals surface area contributed by atoms with E-state index in [-0.39, 0.29) is 6.61 Å². The summed E-state index contributed by atoms with van der Waals surface area (Å²) in [6.45, 7) is 2.64. The molecule has 5 nitrogen and oxygen atoms in total. The SMILES string of the molecule is CC(=O)OC/C(C#N)=C1/CCCN1CC(N)=S. The van der Waals surface area contributed by atoms with Gasteiger partial charge in [-0.05, 0) is 12.8 Å². The number of hydrogen-bond donors (Lipinski definition) is 1. The van der Waals surface area contributed by atoms with Crippen molar-refractivity contribution in [1.82, 2.24) is 4.90 Å². The molecule has 6 heteroatoms. The summed E-state index contributed by atoms with van der Waals surface area (Å²) in [7, 11) is 0. The van der Waals surface area contributed by atoms with E-state index in [1.165, 1.54) is 6.92 Å². The van der Waals surface area contributed by atoms with Crippen LogP contribution in [0, 0.1) is 11.3 Å². The molecule has 0 atom stereocenters. The van der Waals surface area contributed by atoms with Crippen LogP contribution in [0.1, 0.15) is 19.8 Å². The molecular weight excluding hydrogens is 238 g/mol. The maximum absolute atomic E-state index is 10.7. The standard InChI is InChI=1S/C11H15N3O2S/c1-8(15)16-7-9(5-12)10-3-2-4-14(10)6-11(13)17/h2-4,6-7H2,1H3,(H2,13,17)/b10-9-. The zero-order valence-corrected chi connectivity index (χ0v) is 10.5. The van der Waals surface area contributed by atoms with Gasteiger partial charge in [0.05, 0.1) is 17.1 Å². The Morgan fingerprint density at radius 2 is 2.41 bits per heavy atom. The predicted octanol–water partition coefficient (Wildman–Crippen LogP) is 0.709. The Morgan fingerprint density at radius 3 is 2.94 bits per heavy atom. The summed E-state index contributed by atoms with van der Waals surface area (Å²) in [6.07, 6.45) is 1.76. The third kappa shape index (κ3) is 4.04. The van der Waals surface area contributed by atoms with E-state index >= 15 is 0 Å². The summed E-state index contributed by atoms with van der Waals surface area (Å²) >= 11 is 4.86. The molecule has 0 radical (unpaired) electrons. The van der Waals surface area contributed by atoms with E-state index in [0.717, 1.165) is 25.1 Å². The molecule has 92 valence electrons. The monoisotopic (exact) mass is 253 g/mol. The fraction of sp³-hybridized carbons (Fsp3) is 0.545. The number of thiocarbonyl (C=S) groups is 1. The lowest BCUT2D eigenvalue weighted by Crippen LogP contribution is -2.30. The lowest BCUT2D eigenvalue weighted by molar-refractivity contribution is -0.139. The third-order valence-electron chi connectivity index (χ3n) is 2.47. The molecule has 1 heterocycles. The van der Waals surface area contributed by atoms with Gasteiger partial charge in [0.1, 0.15) is 12.7 Å². The van der Waals surface area contributed by atoms with E-state index in [1.54, 1.807) is 0 Å². The molecule has 0 saturated carbocycles. The van der Waals surface area contributed by atoms with Crippen molar-refractivity contribution in [3.05, 3.63) is 11.3 Å². The molecule has 17 heavy (non-hydrogen) atoms. The Hall–Kier alpha value is -1.61. The van der Waals surface area contributed by atoms with Crippen molar-refractivity contribution in [2.75, 3.05) is 19.7 Å². The second-order valence-electron chi connectivity index (χ2n) is 3.81. The zero-order valence-electron chi connectivity index (χ0n) is 9.73. The van der Waals surface area contributed by atoms with Gasteiger partial charge in [0.25, 0.3) is 0 Å². The topological polar surface area (TPSA) is 79.4 Å². The maximum Gasteiger partial charge on any atom is 0.302 e. The van der Waals surface area contributed by atoms with Crippen LogP contribution in [-0.4, -0.2) is 35.6 Å². The number of allylic oxidation sites excluding steroid dienone is 1. The molecule has 0 aromatic rings. The van der Waals surface area contributed by atoms with Crippen LogP contribution in [0.25, 0.3) is 0 Å². The van der Waals surface area contributed by atoms with E-state index < -0.39 is 5.97 Å². The van der Waals surface area contributed by atoms with Crippen LogP contribution < -0.4 is 5.73 Å². The number of likely N-dealkylation sites (tertiary alicyclic amines) is 1. The smallest absolute Gasteiger partial charge is 0.302 e. The Balaban J connectivity index is 2.79. The van der Waals surface area contributed by atoms with Crippen LogP contribution in [0.5, 0.6) is 0 Å². The highest BCUT2D eigenvalue weighted by atomic mass is 32.1. The van der Waals surface area contributed by atoms with E-state index in [2.05, 4.69) is 6.07 Å². The van der Waals surface area contributed by atoms with Crippen molar-refractivity contribution in [2.45, 2.75) is 19.8 Å². The normalized spacial score (nSPS) is 17.5. The minimum atomic E-state index is -0.391. The summed E-state index contributed by atoms with van der Waals surface area (Å²) in [5.74, 6) is -0.391. The molecule has 1 aliphatic rings. The number of rotatable bonds is 4. The van der Waals surface area contributed by atoms with Gasteiger partial charge in [-0.15, -0.1) is 0 Å². The van der Waals surface area contributed by atoms with Crippen molar-refractivity contribution in [3.63, 3.8) is 0 Å². The van der Waals surface area contributed by atoms with Crippen LogP contribution in [0.3, 0.4) is 0 Å². The molecule has 0 unspecified atom stereocenters. The van der Waals surface area contributed by atoms with Gasteiger partial charge in [-0.3, -0.25) is 4.79 Å². The molecule has 0 aromatic heterocycles. The number of hydrogen-bond acceptors (Lipinski definition) is 5. The van der Waals surface area contributed by atoms with Gasteiger partial charge in [0.2, 0.25) is 0 Å². The van der Waals surface area contributed by atoms with Crippen LogP contribution >= 0.6 is 12.2 Å². The number of carbonyl (C=O) groups excluding carboxylic acids is 1. The molecule has 0 aliphatic carbocycles. The summed E-state index contributed by atoms with van der Waals surface area (Å²) < 4.78 is 4.85. The number of nitriles is 1. The molecule has 2 N–H and O–H groups in total. The molecule has 1 saturated heterocycles. The average Bonchev–Trinajstić information content (AvgIpc) is 2.66. The fourth-order valence-electron chi connectivity index (χ4n) is 1.79. The number of carbonyl (C=O) groups is 1. The lowest BCUT2D eigenvalue weighted by atomic mass is 10.2.